The first-order valence-corrected chi connectivity index (χ1v) is 33.4. The van der Waals surface area contributed by atoms with Crippen molar-refractivity contribution in [3.05, 3.63) is 36.5 Å². The van der Waals surface area contributed by atoms with E-state index >= 15 is 0 Å². The topological polar surface area (TPSA) is 373 Å². The summed E-state index contributed by atoms with van der Waals surface area (Å²) in [5.74, 6) is -6.22. The van der Waals surface area contributed by atoms with Gasteiger partial charge in [-0.1, -0.05) is 198 Å². The van der Waals surface area contributed by atoms with Gasteiger partial charge in [-0.2, -0.15) is 0 Å². The number of aliphatic carboxylic acids is 1. The molecule has 512 valence electrons. The molecule has 0 aromatic rings. The highest BCUT2D eigenvalue weighted by molar-refractivity contribution is 5.77. The molecule has 0 saturated carbocycles. The van der Waals surface area contributed by atoms with Gasteiger partial charge in [-0.15, -0.1) is 0 Å². The fourth-order valence-electron chi connectivity index (χ4n) is 11.5. The monoisotopic (exact) mass is 1260 g/mol. The number of unbranched alkanes of at least 4 members (excludes halogenated alkanes) is 25. The lowest BCUT2D eigenvalue weighted by molar-refractivity contribution is -0.386. The van der Waals surface area contributed by atoms with Crippen molar-refractivity contribution < 1.29 is 104 Å². The third-order valence-electron chi connectivity index (χ3n) is 16.8. The first-order valence-electron chi connectivity index (χ1n) is 33.4. The fraction of sp³-hybridized carbons (Fsp3) is 0.862. The molecule has 0 spiro atoms. The highest BCUT2D eigenvalue weighted by Crippen LogP contribution is 2.38. The minimum Gasteiger partial charge on any atom is -0.477 e. The number of carbonyl (C=O) groups excluding carboxylic acids is 2. The molecule has 88 heavy (non-hydrogen) atoms. The van der Waals surface area contributed by atoms with Crippen LogP contribution in [-0.4, -0.2) is 215 Å². The summed E-state index contributed by atoms with van der Waals surface area (Å²) in [6, 6.07) is -2.65. The molecule has 0 aromatic heterocycles. The summed E-state index contributed by atoms with van der Waals surface area (Å²) in [4.78, 5) is 38.4. The van der Waals surface area contributed by atoms with E-state index in [0.717, 1.165) is 45.4 Å². The third kappa shape index (κ3) is 28.9. The van der Waals surface area contributed by atoms with Crippen LogP contribution in [0.1, 0.15) is 220 Å². The summed E-state index contributed by atoms with van der Waals surface area (Å²) in [6.07, 6.45) is 16.5. The van der Waals surface area contributed by atoms with Crippen LogP contribution in [0.15, 0.2) is 36.5 Å². The predicted octanol–water partition coefficient (Wildman–Crippen LogP) is 5.06. The summed E-state index contributed by atoms with van der Waals surface area (Å²) in [5.41, 5.74) is 0. The maximum absolute atomic E-state index is 13.4. The average molecular weight is 1260 g/mol. The zero-order chi connectivity index (χ0) is 64.7. The molecule has 23 nitrogen and oxygen atoms in total. The van der Waals surface area contributed by atoms with Crippen LogP contribution in [0.4, 0.5) is 0 Å². The number of aliphatic hydroxyl groups is 11. The van der Waals surface area contributed by atoms with E-state index in [-0.39, 0.29) is 12.3 Å². The molecule has 0 aromatic carbocycles. The number of amides is 2. The lowest BCUT2D eigenvalue weighted by Crippen LogP contribution is -2.70. The third-order valence-corrected chi connectivity index (χ3v) is 16.8. The molecule has 18 unspecified atom stereocenters. The minimum atomic E-state index is -3.09. The molecule has 0 radical (unpaired) electrons. The Morgan fingerprint density at radius 2 is 1.10 bits per heavy atom. The van der Waals surface area contributed by atoms with E-state index in [9.17, 15) is 75.7 Å². The lowest BCUT2D eigenvalue weighted by Gasteiger charge is -2.50. The highest BCUT2D eigenvalue weighted by atomic mass is 16.8. The second-order valence-corrected chi connectivity index (χ2v) is 24.3. The van der Waals surface area contributed by atoms with Gasteiger partial charge in [0.1, 0.15) is 67.1 Å². The van der Waals surface area contributed by atoms with Crippen molar-refractivity contribution in [2.24, 2.45) is 0 Å². The number of ether oxygens (including phenoxy) is 6. The van der Waals surface area contributed by atoms with E-state index in [1.807, 2.05) is 18.2 Å². The Kier molecular flexibility index (Phi) is 41.5. The number of hydrogen-bond acceptors (Lipinski definition) is 20. The molecule has 3 aliphatic rings. The summed E-state index contributed by atoms with van der Waals surface area (Å²) in [7, 11) is 0. The number of carboxylic acid groups (broad SMARTS) is 1. The normalized spacial score (nSPS) is 29.2. The van der Waals surface area contributed by atoms with Crippen molar-refractivity contribution in [3.8, 4) is 0 Å². The van der Waals surface area contributed by atoms with Crippen LogP contribution in [-0.2, 0) is 42.8 Å². The van der Waals surface area contributed by atoms with Crippen molar-refractivity contribution in [2.75, 3.05) is 26.4 Å². The number of nitrogens with one attached hydrogen (secondary N) is 2. The molecule has 3 heterocycles. The van der Waals surface area contributed by atoms with Crippen LogP contribution in [0.2, 0.25) is 0 Å². The zero-order valence-electron chi connectivity index (χ0n) is 53.1. The first kappa shape index (κ1) is 79.2. The fourth-order valence-corrected chi connectivity index (χ4v) is 11.5. The maximum Gasteiger partial charge on any atom is 0.364 e. The van der Waals surface area contributed by atoms with Crippen LogP contribution in [0, 0.1) is 0 Å². The lowest BCUT2D eigenvalue weighted by atomic mass is 9.88. The van der Waals surface area contributed by atoms with Crippen LogP contribution < -0.4 is 10.6 Å². The Balaban J connectivity index is 1.63. The molecule has 2 amide bonds. The number of rotatable bonds is 49. The second kappa shape index (κ2) is 46.1. The number of carbonyl (C=O) groups is 3. The minimum absolute atomic E-state index is 0.0933. The molecule has 0 bridgehead atoms. The average Bonchev–Trinajstić information content (AvgIpc) is 0.823. The van der Waals surface area contributed by atoms with E-state index in [2.05, 4.69) is 36.6 Å². The summed E-state index contributed by atoms with van der Waals surface area (Å²) < 4.78 is 34.7. The number of carboxylic acids is 1. The van der Waals surface area contributed by atoms with Crippen molar-refractivity contribution >= 4 is 17.8 Å². The van der Waals surface area contributed by atoms with Gasteiger partial charge in [0.05, 0.1) is 50.7 Å². The molecular weight excluding hydrogens is 1140 g/mol. The molecule has 3 rings (SSSR count). The van der Waals surface area contributed by atoms with E-state index in [4.69, 9.17) is 28.4 Å². The Bertz CT molecular complexity index is 1930. The van der Waals surface area contributed by atoms with E-state index < -0.39 is 155 Å². The van der Waals surface area contributed by atoms with Gasteiger partial charge in [0.25, 0.3) is 5.79 Å². The Labute approximate surface area is 523 Å². The van der Waals surface area contributed by atoms with Gasteiger partial charge in [-0.05, 0) is 38.5 Å². The van der Waals surface area contributed by atoms with Crippen molar-refractivity contribution in [1.29, 1.82) is 0 Å². The Hall–Kier alpha value is -3.05. The molecule has 14 N–H and O–H groups in total. The van der Waals surface area contributed by atoms with Crippen molar-refractivity contribution in [1.82, 2.24) is 10.6 Å². The van der Waals surface area contributed by atoms with E-state index in [1.165, 1.54) is 135 Å². The number of aliphatic hydroxyl groups excluding tert-OH is 11. The maximum atomic E-state index is 13.4. The standard InChI is InChI=1S/C65H116N2O21/c1-4-6-8-10-12-14-16-18-19-20-21-22-23-24-25-27-28-30-32-34-36-38-47(72)46(67-52(75)39-37-35-33-31-29-26-17-15-13-11-9-7-5-2)44-83-62-57(79)56(78)59(51(43-70)85-62)86-63-58(80)61(55(77)50(42-69)84-63)88-65(64(81)82)40-48(73)53(66-45(3)71)60(87-65)54(76)49(74)41-68/h26,29,33,35-36,38,46-51,53-63,68-70,72-74,76-80H,4-25,27-28,30-32,34,37,39-44H2,1-3H3,(H,66,71)(H,67,75)(H,81,82)/b29-26-,35-33-,38-36+. The largest absolute Gasteiger partial charge is 0.477 e. The summed E-state index contributed by atoms with van der Waals surface area (Å²) in [5, 5.41) is 136. The smallest absolute Gasteiger partial charge is 0.364 e. The van der Waals surface area contributed by atoms with Gasteiger partial charge in [-0.25, -0.2) is 4.79 Å². The second-order valence-electron chi connectivity index (χ2n) is 24.3. The van der Waals surface area contributed by atoms with Gasteiger partial charge in [0.15, 0.2) is 12.6 Å². The molecular formula is C65H116N2O21. The zero-order valence-corrected chi connectivity index (χ0v) is 53.1. The Morgan fingerprint density at radius 3 is 1.60 bits per heavy atom. The van der Waals surface area contributed by atoms with E-state index in [0.29, 0.717) is 12.8 Å². The van der Waals surface area contributed by atoms with Crippen LogP contribution in [0.3, 0.4) is 0 Å². The van der Waals surface area contributed by atoms with Crippen LogP contribution >= 0.6 is 0 Å². The van der Waals surface area contributed by atoms with Crippen molar-refractivity contribution in [2.45, 2.75) is 330 Å². The van der Waals surface area contributed by atoms with Crippen LogP contribution in [0.5, 0.6) is 0 Å². The predicted molar refractivity (Wildman–Crippen MR) is 329 cm³/mol. The summed E-state index contributed by atoms with van der Waals surface area (Å²) >= 11 is 0. The Morgan fingerprint density at radius 1 is 0.602 bits per heavy atom. The van der Waals surface area contributed by atoms with Gasteiger partial charge in [0.2, 0.25) is 11.8 Å². The highest BCUT2D eigenvalue weighted by Gasteiger charge is 2.60. The van der Waals surface area contributed by atoms with Crippen molar-refractivity contribution in [3.63, 3.8) is 0 Å². The van der Waals surface area contributed by atoms with Gasteiger partial charge in [-0.3, -0.25) is 9.59 Å². The van der Waals surface area contributed by atoms with E-state index in [1.54, 1.807) is 6.08 Å². The van der Waals surface area contributed by atoms with Gasteiger partial charge in [0, 0.05) is 19.8 Å². The molecule has 0 aliphatic carbocycles. The first-order chi connectivity index (χ1) is 42.4. The number of allylic oxidation sites excluding steroid dienone is 5. The number of hydrogen-bond donors (Lipinski definition) is 14. The van der Waals surface area contributed by atoms with Gasteiger partial charge < -0.3 is 100 Å². The molecule has 18 atom stereocenters. The molecule has 3 fully saturated rings. The molecule has 23 heteroatoms. The SMILES string of the molecule is CCCCCCCC/C=C\C/C=C\CCC(=O)NC(COC1OC(CO)C(OC2OC(CO)C(O)C(OC3(C(=O)O)CC(O)C(NC(C)=O)C(C(O)C(O)CO)O3)C2O)C(O)C1O)C(O)/C=C/CCCCCCCCCCCCCCCCCCCCC. The quantitative estimate of drug-likeness (QED) is 0.0280. The molecule has 3 saturated heterocycles. The van der Waals surface area contributed by atoms with Crippen LogP contribution in [0.25, 0.3) is 0 Å². The van der Waals surface area contributed by atoms with Gasteiger partial charge >= 0.3 is 5.97 Å². The molecule has 3 aliphatic heterocycles. The summed E-state index contributed by atoms with van der Waals surface area (Å²) in [6.45, 7) is 2.07.